The minimum absolute atomic E-state index is 0.0650. The first-order valence-electron chi connectivity index (χ1n) is 8.68. The summed E-state index contributed by atoms with van der Waals surface area (Å²) >= 11 is 0. The Kier molecular flexibility index (Phi) is 7.68. The highest BCUT2D eigenvalue weighted by atomic mass is 16.6. The molecular formula is C21H25NO4. The van der Waals surface area contributed by atoms with Crippen molar-refractivity contribution in [2.75, 3.05) is 7.11 Å². The molecule has 2 rings (SSSR count). The van der Waals surface area contributed by atoms with Crippen molar-refractivity contribution in [3.63, 3.8) is 0 Å². The summed E-state index contributed by atoms with van der Waals surface area (Å²) in [4.78, 5) is 25.2. The maximum absolute atomic E-state index is 12.4. The molecule has 26 heavy (non-hydrogen) atoms. The molecule has 0 fully saturated rings. The van der Waals surface area contributed by atoms with Gasteiger partial charge >= 0.3 is 12.1 Å². The molecule has 1 heterocycles. The zero-order valence-electron chi connectivity index (χ0n) is 15.2. The summed E-state index contributed by atoms with van der Waals surface area (Å²) in [5.41, 5.74) is 0.954. The second-order valence-corrected chi connectivity index (χ2v) is 6.24. The van der Waals surface area contributed by atoms with Gasteiger partial charge in [0.25, 0.3) is 0 Å². The van der Waals surface area contributed by atoms with Gasteiger partial charge in [0.1, 0.15) is 6.61 Å². The van der Waals surface area contributed by atoms with E-state index in [-0.39, 0.29) is 24.7 Å². The van der Waals surface area contributed by atoms with E-state index in [0.717, 1.165) is 18.4 Å². The number of amides is 1. The molecule has 0 radical (unpaired) electrons. The Balaban J connectivity index is 1.87. The number of esters is 1. The summed E-state index contributed by atoms with van der Waals surface area (Å²) in [5, 5.41) is 0. The van der Waals surface area contributed by atoms with Crippen LogP contribution in [0.5, 0.6) is 0 Å². The van der Waals surface area contributed by atoms with E-state index >= 15 is 0 Å². The highest BCUT2D eigenvalue weighted by Crippen LogP contribution is 2.21. The van der Waals surface area contributed by atoms with Crippen molar-refractivity contribution in [3.8, 4) is 0 Å². The van der Waals surface area contributed by atoms with Gasteiger partial charge in [0.15, 0.2) is 0 Å². The number of benzene rings is 1. The fourth-order valence-corrected chi connectivity index (χ4v) is 2.69. The molecule has 1 aromatic carbocycles. The molecule has 138 valence electrons. The van der Waals surface area contributed by atoms with Crippen LogP contribution in [0.2, 0.25) is 0 Å². The second-order valence-electron chi connectivity index (χ2n) is 6.24. The zero-order chi connectivity index (χ0) is 18.8. The molecule has 0 aromatic heterocycles. The van der Waals surface area contributed by atoms with Crippen molar-refractivity contribution in [2.45, 2.75) is 32.4 Å². The molecule has 0 saturated heterocycles. The van der Waals surface area contributed by atoms with Gasteiger partial charge < -0.3 is 9.47 Å². The van der Waals surface area contributed by atoms with Crippen molar-refractivity contribution < 1.29 is 19.1 Å². The van der Waals surface area contributed by atoms with Crippen LogP contribution in [0.4, 0.5) is 4.79 Å². The Bertz CT molecular complexity index is 679. The first-order valence-corrected chi connectivity index (χ1v) is 8.68. The monoisotopic (exact) mass is 355 g/mol. The Morgan fingerprint density at radius 1 is 1.23 bits per heavy atom. The molecule has 0 unspecified atom stereocenters. The molecule has 0 aliphatic carbocycles. The Labute approximate surface area is 154 Å². The van der Waals surface area contributed by atoms with E-state index < -0.39 is 0 Å². The second kappa shape index (κ2) is 10.2. The molecule has 0 N–H and O–H groups in total. The molecule has 1 amide bonds. The van der Waals surface area contributed by atoms with E-state index in [2.05, 4.69) is 11.7 Å². The summed E-state index contributed by atoms with van der Waals surface area (Å²) in [6.07, 6.45) is 11.9. The van der Waals surface area contributed by atoms with Gasteiger partial charge in [-0.15, -0.1) is 0 Å². The predicted molar refractivity (Wildman–Crippen MR) is 100 cm³/mol. The van der Waals surface area contributed by atoms with Crippen LogP contribution in [0, 0.1) is 5.92 Å². The molecule has 0 bridgehead atoms. The van der Waals surface area contributed by atoms with Crippen LogP contribution in [-0.2, 0) is 20.9 Å². The van der Waals surface area contributed by atoms with Gasteiger partial charge in [-0.05, 0) is 30.4 Å². The van der Waals surface area contributed by atoms with Crippen molar-refractivity contribution in [2.24, 2.45) is 5.92 Å². The number of hydrogen-bond acceptors (Lipinski definition) is 4. The number of nitrogens with zero attached hydrogens (tertiary/aromatic N) is 1. The summed E-state index contributed by atoms with van der Waals surface area (Å²) in [6, 6.07) is 9.54. The lowest BCUT2D eigenvalue weighted by molar-refractivity contribution is -0.134. The van der Waals surface area contributed by atoms with Crippen LogP contribution in [0.15, 0.2) is 66.9 Å². The molecular weight excluding hydrogens is 330 g/mol. The van der Waals surface area contributed by atoms with Gasteiger partial charge in [0.05, 0.1) is 13.2 Å². The number of rotatable bonds is 7. The van der Waals surface area contributed by atoms with Crippen LogP contribution in [0.25, 0.3) is 0 Å². The van der Waals surface area contributed by atoms with Gasteiger partial charge in [-0.25, -0.2) is 9.59 Å². The fraction of sp³-hybridized carbons (Fsp3) is 0.333. The minimum Gasteiger partial charge on any atom is -0.466 e. The first kappa shape index (κ1) is 19.5. The van der Waals surface area contributed by atoms with Gasteiger partial charge in [0.2, 0.25) is 0 Å². The molecule has 0 saturated carbocycles. The Morgan fingerprint density at radius 2 is 2.00 bits per heavy atom. The van der Waals surface area contributed by atoms with Crippen LogP contribution in [0.1, 0.15) is 25.3 Å². The Hall–Kier alpha value is -2.82. The number of methoxy groups -OCH3 is 1. The zero-order valence-corrected chi connectivity index (χ0v) is 15.2. The lowest BCUT2D eigenvalue weighted by Gasteiger charge is -2.29. The van der Waals surface area contributed by atoms with E-state index in [1.54, 1.807) is 17.2 Å². The van der Waals surface area contributed by atoms with E-state index in [4.69, 9.17) is 4.74 Å². The van der Waals surface area contributed by atoms with Crippen LogP contribution in [-0.4, -0.2) is 30.1 Å². The lowest BCUT2D eigenvalue weighted by Crippen LogP contribution is -2.37. The van der Waals surface area contributed by atoms with Crippen molar-refractivity contribution in [3.05, 3.63) is 72.5 Å². The SMILES string of the molecule is COC(=O)/C=C/C[C@@H](C)C[C@H]1C=CC=CN1C(=O)OCc1ccccc1. The standard InChI is InChI=1S/C21H25NO4/c1-17(9-8-13-20(23)25-2)15-19-12-6-7-14-22(19)21(24)26-16-18-10-4-3-5-11-18/h3-8,10-14,17,19H,9,15-16H2,1-2H3/b13-8+/t17-,19-/m1/s1. The molecule has 5 heteroatoms. The lowest BCUT2D eigenvalue weighted by atomic mass is 9.96. The van der Waals surface area contributed by atoms with Crippen molar-refractivity contribution in [1.82, 2.24) is 4.90 Å². The average molecular weight is 355 g/mol. The largest absolute Gasteiger partial charge is 0.466 e. The third kappa shape index (κ3) is 6.24. The number of hydrogen-bond donors (Lipinski definition) is 0. The van der Waals surface area contributed by atoms with E-state index in [9.17, 15) is 9.59 Å². The maximum Gasteiger partial charge on any atom is 0.414 e. The number of carbonyl (C=O) groups excluding carboxylic acids is 2. The molecule has 0 spiro atoms. The molecule has 5 nitrogen and oxygen atoms in total. The summed E-state index contributed by atoms with van der Waals surface area (Å²) < 4.78 is 10.0. The van der Waals surface area contributed by atoms with Gasteiger partial charge in [-0.1, -0.05) is 55.5 Å². The fourth-order valence-electron chi connectivity index (χ4n) is 2.69. The van der Waals surface area contributed by atoms with Crippen LogP contribution >= 0.6 is 0 Å². The first-order chi connectivity index (χ1) is 12.6. The van der Waals surface area contributed by atoms with Gasteiger partial charge in [0, 0.05) is 12.3 Å². The normalized spacial score (nSPS) is 17.3. The molecule has 1 aromatic rings. The third-order valence-corrected chi connectivity index (χ3v) is 4.10. The quantitative estimate of drug-likeness (QED) is 0.543. The van der Waals surface area contributed by atoms with E-state index in [1.807, 2.05) is 48.6 Å². The maximum atomic E-state index is 12.4. The summed E-state index contributed by atoms with van der Waals surface area (Å²) in [6.45, 7) is 2.33. The highest BCUT2D eigenvalue weighted by Gasteiger charge is 2.24. The molecule has 1 aliphatic heterocycles. The van der Waals surface area contributed by atoms with E-state index in [0.29, 0.717) is 5.92 Å². The predicted octanol–water partition coefficient (Wildman–Crippen LogP) is 4.22. The topological polar surface area (TPSA) is 55.8 Å². The molecule has 2 atom stereocenters. The number of allylic oxidation sites excluding steroid dienone is 3. The van der Waals surface area contributed by atoms with E-state index in [1.165, 1.54) is 13.2 Å². The highest BCUT2D eigenvalue weighted by molar-refractivity contribution is 5.81. The molecule has 1 aliphatic rings. The van der Waals surface area contributed by atoms with Gasteiger partial charge in [-0.2, -0.15) is 0 Å². The summed E-state index contributed by atoms with van der Waals surface area (Å²) in [5.74, 6) is -0.0645. The minimum atomic E-state index is -0.364. The number of carbonyl (C=O) groups is 2. The summed E-state index contributed by atoms with van der Waals surface area (Å²) in [7, 11) is 1.36. The van der Waals surface area contributed by atoms with Crippen LogP contribution in [0.3, 0.4) is 0 Å². The van der Waals surface area contributed by atoms with Gasteiger partial charge in [-0.3, -0.25) is 4.90 Å². The number of ether oxygens (including phenoxy) is 2. The van der Waals surface area contributed by atoms with Crippen LogP contribution < -0.4 is 0 Å². The smallest absolute Gasteiger partial charge is 0.414 e. The van der Waals surface area contributed by atoms with Crippen molar-refractivity contribution >= 4 is 12.1 Å². The average Bonchev–Trinajstić information content (AvgIpc) is 2.67. The van der Waals surface area contributed by atoms with Crippen molar-refractivity contribution in [1.29, 1.82) is 0 Å². The third-order valence-electron chi connectivity index (χ3n) is 4.10. The Morgan fingerprint density at radius 3 is 2.73 bits per heavy atom.